The summed E-state index contributed by atoms with van der Waals surface area (Å²) in [6, 6.07) is 5.71. The Hall–Kier alpha value is -1.85. The van der Waals surface area contributed by atoms with Crippen LogP contribution in [0, 0.1) is 0 Å². The monoisotopic (exact) mass is 458 g/mol. The van der Waals surface area contributed by atoms with Crippen LogP contribution in [0.4, 0.5) is 10.8 Å². The molecule has 1 heterocycles. The first-order valence-corrected chi connectivity index (χ1v) is 12.9. The van der Waals surface area contributed by atoms with Gasteiger partial charge in [0, 0.05) is 5.75 Å². The molecule has 1 aromatic carbocycles. The van der Waals surface area contributed by atoms with E-state index in [2.05, 4.69) is 22.4 Å². The zero-order valence-electron chi connectivity index (χ0n) is 16.9. The van der Waals surface area contributed by atoms with Gasteiger partial charge in [0.15, 0.2) is 4.34 Å². The van der Waals surface area contributed by atoms with E-state index in [4.69, 9.17) is 4.74 Å². The molecule has 0 unspecified atom stereocenters. The van der Waals surface area contributed by atoms with Crippen molar-refractivity contribution in [3.05, 3.63) is 24.3 Å². The zero-order valence-corrected chi connectivity index (χ0v) is 19.4. The highest BCUT2D eigenvalue weighted by molar-refractivity contribution is 8.01. The molecule has 0 saturated carbocycles. The number of aromatic nitrogens is 2. The number of ether oxygens (including phenoxy) is 1. The Balaban J connectivity index is 2.23. The van der Waals surface area contributed by atoms with E-state index in [1.54, 1.807) is 43.0 Å². The first-order chi connectivity index (χ1) is 13.8. The SMILES string of the molecule is CCCSc1nnc(NC(=O)[C@H](CC)N(c2ccc(OCC)cc2)S(C)(=O)=O)s1. The second kappa shape index (κ2) is 10.8. The van der Waals surface area contributed by atoms with Gasteiger partial charge in [0.25, 0.3) is 0 Å². The lowest BCUT2D eigenvalue weighted by Gasteiger charge is -2.29. The summed E-state index contributed by atoms with van der Waals surface area (Å²) in [6.45, 7) is 6.21. The molecule has 0 fully saturated rings. The largest absolute Gasteiger partial charge is 0.494 e. The van der Waals surface area contributed by atoms with Gasteiger partial charge >= 0.3 is 0 Å². The summed E-state index contributed by atoms with van der Waals surface area (Å²) in [5.41, 5.74) is 0.398. The summed E-state index contributed by atoms with van der Waals surface area (Å²) in [6.07, 6.45) is 2.39. The average Bonchev–Trinajstić information content (AvgIpc) is 3.11. The van der Waals surface area contributed by atoms with Crippen LogP contribution in [0.2, 0.25) is 0 Å². The molecule has 0 spiro atoms. The number of hydrogen-bond acceptors (Lipinski definition) is 8. The topological polar surface area (TPSA) is 101 Å². The third-order valence-corrected chi connectivity index (χ3v) is 7.16. The van der Waals surface area contributed by atoms with E-state index in [0.717, 1.165) is 27.1 Å². The second-order valence-corrected chi connectivity index (χ2v) is 10.3. The van der Waals surface area contributed by atoms with Crippen molar-refractivity contribution in [1.82, 2.24) is 10.2 Å². The first-order valence-electron chi connectivity index (χ1n) is 9.29. The Bertz CT molecular complexity index is 900. The predicted octanol–water partition coefficient (Wildman–Crippen LogP) is 3.62. The van der Waals surface area contributed by atoms with Crippen molar-refractivity contribution in [2.24, 2.45) is 0 Å². The molecule has 0 bridgehead atoms. The van der Waals surface area contributed by atoms with Crippen molar-refractivity contribution < 1.29 is 17.9 Å². The minimum Gasteiger partial charge on any atom is -0.494 e. The summed E-state index contributed by atoms with van der Waals surface area (Å²) in [4.78, 5) is 12.9. The Morgan fingerprint density at radius 2 is 1.93 bits per heavy atom. The van der Waals surface area contributed by atoms with E-state index in [9.17, 15) is 13.2 Å². The van der Waals surface area contributed by atoms with Crippen molar-refractivity contribution in [3.63, 3.8) is 0 Å². The van der Waals surface area contributed by atoms with E-state index in [0.29, 0.717) is 29.6 Å². The molecular formula is C18H26N4O4S3. The number of carbonyl (C=O) groups is 1. The van der Waals surface area contributed by atoms with Crippen LogP contribution >= 0.6 is 23.1 Å². The van der Waals surface area contributed by atoms with E-state index < -0.39 is 22.0 Å². The zero-order chi connectivity index (χ0) is 21.4. The Morgan fingerprint density at radius 3 is 2.48 bits per heavy atom. The van der Waals surface area contributed by atoms with Gasteiger partial charge in [-0.15, -0.1) is 10.2 Å². The molecule has 1 atom stereocenters. The number of hydrogen-bond donors (Lipinski definition) is 1. The quantitative estimate of drug-likeness (QED) is 0.405. The number of carbonyl (C=O) groups excluding carboxylic acids is 1. The Kier molecular flexibility index (Phi) is 8.72. The second-order valence-electron chi connectivity index (χ2n) is 6.12. The van der Waals surface area contributed by atoms with Crippen molar-refractivity contribution in [2.45, 2.75) is 44.0 Å². The molecule has 11 heteroatoms. The highest BCUT2D eigenvalue weighted by Gasteiger charge is 2.32. The van der Waals surface area contributed by atoms with Gasteiger partial charge in [-0.3, -0.25) is 14.4 Å². The van der Waals surface area contributed by atoms with Crippen LogP contribution < -0.4 is 14.4 Å². The lowest BCUT2D eigenvalue weighted by Crippen LogP contribution is -2.47. The van der Waals surface area contributed by atoms with Gasteiger partial charge in [0.05, 0.1) is 18.6 Å². The molecule has 0 saturated heterocycles. The molecule has 160 valence electrons. The minimum absolute atomic E-state index is 0.294. The molecule has 1 N–H and O–H groups in total. The van der Waals surface area contributed by atoms with Crippen molar-refractivity contribution in [1.29, 1.82) is 0 Å². The van der Waals surface area contributed by atoms with Gasteiger partial charge in [0.1, 0.15) is 11.8 Å². The van der Waals surface area contributed by atoms with Crippen molar-refractivity contribution in [3.8, 4) is 5.75 Å². The standard InChI is InChI=1S/C18H26N4O4S3/c1-5-12-27-18-21-20-17(28-18)19-16(23)15(6-2)22(29(4,24)25)13-8-10-14(11-9-13)26-7-3/h8-11,15H,5-7,12H2,1-4H3,(H,19,20,23)/t15-/m0/s1. The third-order valence-electron chi connectivity index (χ3n) is 3.80. The number of nitrogens with one attached hydrogen (secondary N) is 1. The summed E-state index contributed by atoms with van der Waals surface area (Å²) in [7, 11) is -3.70. The number of sulfonamides is 1. The third kappa shape index (κ3) is 6.58. The Labute approximate surface area is 180 Å². The van der Waals surface area contributed by atoms with Gasteiger partial charge in [0.2, 0.25) is 21.1 Å². The summed E-state index contributed by atoms with van der Waals surface area (Å²) >= 11 is 2.85. The average molecular weight is 459 g/mol. The molecular weight excluding hydrogens is 432 g/mol. The Morgan fingerprint density at radius 1 is 1.24 bits per heavy atom. The summed E-state index contributed by atoms with van der Waals surface area (Å²) in [5, 5.41) is 11.1. The molecule has 0 radical (unpaired) electrons. The number of anilines is 2. The smallest absolute Gasteiger partial charge is 0.250 e. The van der Waals surface area contributed by atoms with E-state index in [1.807, 2.05) is 6.92 Å². The van der Waals surface area contributed by atoms with Crippen LogP contribution in [0.1, 0.15) is 33.6 Å². The van der Waals surface area contributed by atoms with E-state index >= 15 is 0 Å². The fourth-order valence-corrected chi connectivity index (χ4v) is 5.50. The maximum atomic E-state index is 12.9. The number of benzene rings is 1. The summed E-state index contributed by atoms with van der Waals surface area (Å²) < 4.78 is 32.3. The van der Waals surface area contributed by atoms with Crippen LogP contribution in [-0.4, -0.2) is 49.2 Å². The highest BCUT2D eigenvalue weighted by Crippen LogP contribution is 2.28. The number of rotatable bonds is 11. The van der Waals surface area contributed by atoms with Gasteiger partial charge in [-0.25, -0.2) is 8.42 Å². The fourth-order valence-electron chi connectivity index (χ4n) is 2.61. The molecule has 1 aromatic heterocycles. The van der Waals surface area contributed by atoms with Crippen LogP contribution in [0.3, 0.4) is 0 Å². The van der Waals surface area contributed by atoms with Crippen molar-refractivity contribution >= 4 is 49.8 Å². The highest BCUT2D eigenvalue weighted by atomic mass is 32.2. The fraction of sp³-hybridized carbons (Fsp3) is 0.500. The van der Waals surface area contributed by atoms with Gasteiger partial charge in [-0.1, -0.05) is 36.9 Å². The molecule has 2 aromatic rings. The molecule has 0 aliphatic heterocycles. The lowest BCUT2D eigenvalue weighted by atomic mass is 10.2. The van der Waals surface area contributed by atoms with Crippen LogP contribution in [0.25, 0.3) is 0 Å². The minimum atomic E-state index is -3.70. The number of amides is 1. The van der Waals surface area contributed by atoms with E-state index in [1.165, 1.54) is 11.3 Å². The van der Waals surface area contributed by atoms with Gasteiger partial charge < -0.3 is 4.74 Å². The van der Waals surface area contributed by atoms with Gasteiger partial charge in [-0.2, -0.15) is 0 Å². The molecule has 29 heavy (non-hydrogen) atoms. The predicted molar refractivity (Wildman–Crippen MR) is 119 cm³/mol. The molecule has 8 nitrogen and oxygen atoms in total. The summed E-state index contributed by atoms with van der Waals surface area (Å²) in [5.74, 6) is 1.10. The van der Waals surface area contributed by atoms with Crippen LogP contribution in [0.15, 0.2) is 28.6 Å². The number of thioether (sulfide) groups is 1. The normalized spacial score (nSPS) is 12.4. The van der Waals surface area contributed by atoms with Crippen LogP contribution in [-0.2, 0) is 14.8 Å². The molecule has 0 aliphatic rings. The van der Waals surface area contributed by atoms with Crippen molar-refractivity contribution in [2.75, 3.05) is 28.2 Å². The van der Waals surface area contributed by atoms with Crippen LogP contribution in [0.5, 0.6) is 5.75 Å². The first kappa shape index (κ1) is 23.4. The number of nitrogens with zero attached hydrogens (tertiary/aromatic N) is 3. The molecule has 2 rings (SSSR count). The lowest BCUT2D eigenvalue weighted by molar-refractivity contribution is -0.117. The van der Waals surface area contributed by atoms with Gasteiger partial charge in [-0.05, 0) is 44.0 Å². The molecule has 0 aliphatic carbocycles. The maximum Gasteiger partial charge on any atom is 0.250 e. The maximum absolute atomic E-state index is 12.9. The van der Waals surface area contributed by atoms with E-state index in [-0.39, 0.29) is 0 Å². The molecule has 1 amide bonds.